The SMILES string of the molecule is CCCCOc1cccc(/C(O)=C2\C(=O)C(=O)N(Cc3ccco3)C2c2cccc(Oc3ccccc3)c2)c1. The summed E-state index contributed by atoms with van der Waals surface area (Å²) in [4.78, 5) is 28.1. The number of hydrogen-bond acceptors (Lipinski definition) is 6. The highest BCUT2D eigenvalue weighted by atomic mass is 16.5. The third kappa shape index (κ3) is 5.72. The minimum Gasteiger partial charge on any atom is -0.507 e. The number of Topliss-reactive ketones (excluding diaryl/α,β-unsaturated/α-hetero) is 1. The summed E-state index contributed by atoms with van der Waals surface area (Å²) in [6.45, 7) is 2.68. The Labute approximate surface area is 226 Å². The molecule has 4 aromatic rings. The first-order valence-corrected chi connectivity index (χ1v) is 12.9. The van der Waals surface area contributed by atoms with Crippen molar-refractivity contribution in [2.45, 2.75) is 32.4 Å². The summed E-state index contributed by atoms with van der Waals surface area (Å²) in [5, 5.41) is 11.5. The van der Waals surface area contributed by atoms with Crippen LogP contribution in [0.25, 0.3) is 5.76 Å². The second-order valence-corrected chi connectivity index (χ2v) is 9.22. The normalized spacial score (nSPS) is 16.4. The van der Waals surface area contributed by atoms with Gasteiger partial charge in [0, 0.05) is 5.56 Å². The van der Waals surface area contributed by atoms with E-state index in [0.29, 0.717) is 40.7 Å². The fourth-order valence-corrected chi connectivity index (χ4v) is 4.56. The predicted molar refractivity (Wildman–Crippen MR) is 146 cm³/mol. The number of furan rings is 1. The molecule has 0 radical (unpaired) electrons. The molecule has 1 aliphatic heterocycles. The predicted octanol–water partition coefficient (Wildman–Crippen LogP) is 6.87. The zero-order valence-corrected chi connectivity index (χ0v) is 21.6. The van der Waals surface area contributed by atoms with Crippen LogP contribution in [0.1, 0.15) is 42.7 Å². The molecule has 2 heterocycles. The van der Waals surface area contributed by atoms with Gasteiger partial charge in [-0.05, 0) is 60.5 Å². The Balaban J connectivity index is 1.57. The fourth-order valence-electron chi connectivity index (χ4n) is 4.56. The van der Waals surface area contributed by atoms with Gasteiger partial charge in [0.05, 0.1) is 31.0 Å². The van der Waals surface area contributed by atoms with Crippen molar-refractivity contribution < 1.29 is 28.6 Å². The standard InChI is InChI=1S/C32H29NO6/c1-2-3-17-37-25-14-8-11-23(20-25)30(34)28-29(33(32(36)31(28)35)21-27-16-9-18-38-27)22-10-7-15-26(19-22)39-24-12-5-4-6-13-24/h4-16,18-20,29,34H,2-3,17,21H2,1H3/b30-28+. The van der Waals surface area contributed by atoms with Crippen LogP contribution in [0.3, 0.4) is 0 Å². The summed E-state index contributed by atoms with van der Waals surface area (Å²) >= 11 is 0. The number of aliphatic hydroxyl groups excluding tert-OH is 1. The van der Waals surface area contributed by atoms with E-state index < -0.39 is 17.7 Å². The van der Waals surface area contributed by atoms with Gasteiger partial charge in [-0.25, -0.2) is 0 Å². The molecule has 0 aliphatic carbocycles. The van der Waals surface area contributed by atoms with Gasteiger partial charge in [0.2, 0.25) is 0 Å². The zero-order chi connectivity index (χ0) is 27.2. The van der Waals surface area contributed by atoms with Crippen molar-refractivity contribution >= 4 is 17.4 Å². The number of rotatable bonds is 10. The first kappa shape index (κ1) is 25.9. The lowest BCUT2D eigenvalue weighted by molar-refractivity contribution is -0.140. The number of hydrogen-bond donors (Lipinski definition) is 1. The topological polar surface area (TPSA) is 89.2 Å². The van der Waals surface area contributed by atoms with E-state index >= 15 is 0 Å². The number of aliphatic hydroxyl groups is 1. The number of ketones is 1. The molecule has 1 fully saturated rings. The number of likely N-dealkylation sites (tertiary alicyclic amines) is 1. The zero-order valence-electron chi connectivity index (χ0n) is 21.6. The average Bonchev–Trinajstić information content (AvgIpc) is 3.56. The molecule has 1 N–H and O–H groups in total. The fraction of sp³-hybridized carbons (Fsp3) is 0.188. The van der Waals surface area contributed by atoms with E-state index in [1.165, 1.54) is 11.2 Å². The number of benzene rings is 3. The van der Waals surface area contributed by atoms with Crippen LogP contribution in [-0.4, -0.2) is 28.3 Å². The Bertz CT molecular complexity index is 1480. The second-order valence-electron chi connectivity index (χ2n) is 9.22. The Morgan fingerprint density at radius 3 is 2.44 bits per heavy atom. The first-order valence-electron chi connectivity index (χ1n) is 12.9. The van der Waals surface area contributed by atoms with Crippen LogP contribution in [-0.2, 0) is 16.1 Å². The van der Waals surface area contributed by atoms with Crippen molar-refractivity contribution in [2.75, 3.05) is 6.61 Å². The van der Waals surface area contributed by atoms with Gasteiger partial charge < -0.3 is 23.9 Å². The molecule has 1 aliphatic rings. The lowest BCUT2D eigenvalue weighted by atomic mass is 9.95. The van der Waals surface area contributed by atoms with Crippen LogP contribution in [0, 0.1) is 0 Å². The van der Waals surface area contributed by atoms with E-state index in [0.717, 1.165) is 12.8 Å². The molecule has 0 spiro atoms. The van der Waals surface area contributed by atoms with E-state index in [1.807, 2.05) is 30.3 Å². The van der Waals surface area contributed by atoms with Gasteiger partial charge in [-0.15, -0.1) is 0 Å². The lowest BCUT2D eigenvalue weighted by Crippen LogP contribution is -2.29. The summed E-state index contributed by atoms with van der Waals surface area (Å²) in [7, 11) is 0. The third-order valence-corrected chi connectivity index (χ3v) is 6.47. The molecule has 7 heteroatoms. The quantitative estimate of drug-likeness (QED) is 0.106. The van der Waals surface area contributed by atoms with Gasteiger partial charge in [0.25, 0.3) is 11.7 Å². The largest absolute Gasteiger partial charge is 0.507 e. The molecular formula is C32H29NO6. The number of amides is 1. The monoisotopic (exact) mass is 523 g/mol. The number of carbonyl (C=O) groups excluding carboxylic acids is 2. The molecular weight excluding hydrogens is 494 g/mol. The highest BCUT2D eigenvalue weighted by molar-refractivity contribution is 6.46. The van der Waals surface area contributed by atoms with Gasteiger partial charge >= 0.3 is 0 Å². The number of para-hydroxylation sites is 1. The molecule has 1 unspecified atom stereocenters. The molecule has 0 bridgehead atoms. The summed E-state index contributed by atoms with van der Waals surface area (Å²) in [5.74, 6) is 0.527. The Morgan fingerprint density at radius 1 is 0.897 bits per heavy atom. The van der Waals surface area contributed by atoms with Crippen molar-refractivity contribution in [1.82, 2.24) is 4.90 Å². The van der Waals surface area contributed by atoms with Crippen LogP contribution in [0.15, 0.2) is 107 Å². The van der Waals surface area contributed by atoms with Gasteiger partial charge in [-0.2, -0.15) is 0 Å². The van der Waals surface area contributed by atoms with Crippen LogP contribution in [0.4, 0.5) is 0 Å². The van der Waals surface area contributed by atoms with Crippen molar-refractivity contribution in [3.05, 3.63) is 120 Å². The highest BCUT2D eigenvalue weighted by Gasteiger charge is 2.46. The van der Waals surface area contributed by atoms with E-state index in [2.05, 4.69) is 6.92 Å². The summed E-state index contributed by atoms with van der Waals surface area (Å²) in [5.41, 5.74) is 1.00. The summed E-state index contributed by atoms with van der Waals surface area (Å²) in [6, 6.07) is 26.0. The smallest absolute Gasteiger partial charge is 0.296 e. The molecule has 7 nitrogen and oxygen atoms in total. The number of ether oxygens (including phenoxy) is 2. The minimum absolute atomic E-state index is 0.00544. The molecule has 198 valence electrons. The van der Waals surface area contributed by atoms with Crippen molar-refractivity contribution in [2.24, 2.45) is 0 Å². The maximum Gasteiger partial charge on any atom is 0.296 e. The highest BCUT2D eigenvalue weighted by Crippen LogP contribution is 2.41. The molecule has 1 atom stereocenters. The van der Waals surface area contributed by atoms with E-state index in [1.54, 1.807) is 60.7 Å². The van der Waals surface area contributed by atoms with Gasteiger partial charge in [-0.3, -0.25) is 9.59 Å². The molecule has 1 aromatic heterocycles. The van der Waals surface area contributed by atoms with E-state index in [9.17, 15) is 14.7 Å². The third-order valence-electron chi connectivity index (χ3n) is 6.47. The molecule has 1 saturated heterocycles. The average molecular weight is 524 g/mol. The van der Waals surface area contributed by atoms with Crippen molar-refractivity contribution in [1.29, 1.82) is 0 Å². The summed E-state index contributed by atoms with van der Waals surface area (Å²) in [6.07, 6.45) is 3.40. The number of unbranched alkanes of at least 4 members (excludes halogenated alkanes) is 1. The van der Waals surface area contributed by atoms with E-state index in [4.69, 9.17) is 13.9 Å². The van der Waals surface area contributed by atoms with Gasteiger partial charge in [0.15, 0.2) is 0 Å². The molecule has 5 rings (SSSR count). The van der Waals surface area contributed by atoms with Crippen molar-refractivity contribution in [3.63, 3.8) is 0 Å². The molecule has 1 amide bonds. The first-order chi connectivity index (χ1) is 19.0. The van der Waals surface area contributed by atoms with Gasteiger partial charge in [0.1, 0.15) is 28.8 Å². The minimum atomic E-state index is -0.862. The van der Waals surface area contributed by atoms with Crippen molar-refractivity contribution in [3.8, 4) is 17.2 Å². The number of nitrogens with zero attached hydrogens (tertiary/aromatic N) is 1. The second kappa shape index (κ2) is 11.7. The molecule has 39 heavy (non-hydrogen) atoms. The maximum absolute atomic E-state index is 13.4. The Hall–Kier alpha value is -4.78. The summed E-state index contributed by atoms with van der Waals surface area (Å²) < 4.78 is 17.3. The maximum atomic E-state index is 13.4. The number of carbonyl (C=O) groups is 2. The Kier molecular flexibility index (Phi) is 7.78. The lowest BCUT2D eigenvalue weighted by Gasteiger charge is -2.25. The molecule has 0 saturated carbocycles. The van der Waals surface area contributed by atoms with Crippen LogP contribution < -0.4 is 9.47 Å². The molecule has 3 aromatic carbocycles. The van der Waals surface area contributed by atoms with Crippen LogP contribution in [0.5, 0.6) is 17.2 Å². The van der Waals surface area contributed by atoms with Crippen LogP contribution >= 0.6 is 0 Å². The Morgan fingerprint density at radius 2 is 1.67 bits per heavy atom. The van der Waals surface area contributed by atoms with Gasteiger partial charge in [-0.1, -0.05) is 55.8 Å². The van der Waals surface area contributed by atoms with E-state index in [-0.39, 0.29) is 17.9 Å². The van der Waals surface area contributed by atoms with Crippen LogP contribution in [0.2, 0.25) is 0 Å².